The summed E-state index contributed by atoms with van der Waals surface area (Å²) >= 11 is 5.35. The van der Waals surface area contributed by atoms with Crippen molar-refractivity contribution >= 4 is 12.2 Å². The molecule has 0 unspecified atom stereocenters. The van der Waals surface area contributed by atoms with Gasteiger partial charge in [0.15, 0.2) is 0 Å². The Bertz CT molecular complexity index is 609. The van der Waals surface area contributed by atoms with Gasteiger partial charge in [-0.2, -0.15) is 0 Å². The fourth-order valence-electron chi connectivity index (χ4n) is 1.69. The van der Waals surface area contributed by atoms with Crippen molar-refractivity contribution in [1.29, 1.82) is 0 Å². The van der Waals surface area contributed by atoms with E-state index in [1.165, 1.54) is 0 Å². The van der Waals surface area contributed by atoms with E-state index in [0.29, 0.717) is 4.64 Å². The zero-order chi connectivity index (χ0) is 13.3. The minimum Gasteiger partial charge on any atom is -0.342 e. The van der Waals surface area contributed by atoms with Crippen LogP contribution in [0.15, 0.2) is 24.5 Å². The third-order valence-corrected chi connectivity index (χ3v) is 3.21. The molecule has 3 nitrogen and oxygen atoms in total. The average molecular weight is 259 g/mol. The molecular formula is C14H17N3S. The number of nitrogens with zero attached hydrogens (tertiary/aromatic N) is 2. The Kier molecular flexibility index (Phi) is 3.30. The van der Waals surface area contributed by atoms with Gasteiger partial charge in [0.05, 0.1) is 5.69 Å². The first kappa shape index (κ1) is 12.9. The van der Waals surface area contributed by atoms with Crippen molar-refractivity contribution in [2.45, 2.75) is 33.1 Å². The molecule has 2 aromatic heterocycles. The van der Waals surface area contributed by atoms with Crippen molar-refractivity contribution in [2.75, 3.05) is 0 Å². The Morgan fingerprint density at radius 2 is 2.00 bits per heavy atom. The molecule has 0 fully saturated rings. The standard InChI is InChI=1S/C14H17N3S/c1-9-11(10-6-5-7-15-8-10)16-13(14(2,3)4)17-12(9)18/h5-8H,1-4H3,(H,16,17,18). The molecule has 0 atom stereocenters. The van der Waals surface area contributed by atoms with Crippen LogP contribution in [0.3, 0.4) is 0 Å². The molecule has 0 radical (unpaired) electrons. The molecule has 0 saturated carbocycles. The van der Waals surface area contributed by atoms with E-state index in [-0.39, 0.29) is 5.41 Å². The second-order valence-electron chi connectivity index (χ2n) is 5.38. The molecule has 18 heavy (non-hydrogen) atoms. The molecule has 0 aromatic carbocycles. The minimum absolute atomic E-state index is 0.0573. The van der Waals surface area contributed by atoms with E-state index in [1.54, 1.807) is 6.20 Å². The number of hydrogen-bond acceptors (Lipinski definition) is 3. The van der Waals surface area contributed by atoms with Crippen LogP contribution in [0.1, 0.15) is 32.2 Å². The van der Waals surface area contributed by atoms with E-state index >= 15 is 0 Å². The van der Waals surface area contributed by atoms with Crippen molar-refractivity contribution in [1.82, 2.24) is 15.0 Å². The van der Waals surface area contributed by atoms with Gasteiger partial charge in [-0.1, -0.05) is 33.0 Å². The van der Waals surface area contributed by atoms with Gasteiger partial charge >= 0.3 is 0 Å². The van der Waals surface area contributed by atoms with Crippen LogP contribution in [-0.4, -0.2) is 15.0 Å². The van der Waals surface area contributed by atoms with E-state index in [1.807, 2.05) is 25.3 Å². The summed E-state index contributed by atoms with van der Waals surface area (Å²) in [5, 5.41) is 0. The van der Waals surface area contributed by atoms with Crippen LogP contribution in [0.4, 0.5) is 0 Å². The van der Waals surface area contributed by atoms with E-state index < -0.39 is 0 Å². The van der Waals surface area contributed by atoms with E-state index in [2.05, 4.69) is 35.7 Å². The van der Waals surface area contributed by atoms with Crippen LogP contribution in [0.5, 0.6) is 0 Å². The molecular weight excluding hydrogens is 242 g/mol. The predicted octanol–water partition coefficient (Wildman–Crippen LogP) is 3.81. The Morgan fingerprint density at radius 3 is 2.56 bits per heavy atom. The third-order valence-electron chi connectivity index (χ3n) is 2.81. The van der Waals surface area contributed by atoms with Gasteiger partial charge in [-0.25, -0.2) is 4.98 Å². The highest BCUT2D eigenvalue weighted by Gasteiger charge is 2.18. The van der Waals surface area contributed by atoms with Crippen molar-refractivity contribution in [2.24, 2.45) is 0 Å². The molecule has 0 spiro atoms. The molecule has 1 N–H and O–H groups in total. The van der Waals surface area contributed by atoms with Crippen LogP contribution >= 0.6 is 12.2 Å². The quantitative estimate of drug-likeness (QED) is 0.792. The predicted molar refractivity (Wildman–Crippen MR) is 76.1 cm³/mol. The maximum Gasteiger partial charge on any atom is 0.133 e. The molecule has 0 aliphatic heterocycles. The van der Waals surface area contributed by atoms with E-state index in [0.717, 1.165) is 22.6 Å². The summed E-state index contributed by atoms with van der Waals surface area (Å²) in [6.45, 7) is 8.33. The molecule has 2 aromatic rings. The van der Waals surface area contributed by atoms with Crippen LogP contribution in [0.25, 0.3) is 11.3 Å². The normalized spacial score (nSPS) is 11.6. The van der Waals surface area contributed by atoms with Gasteiger partial charge < -0.3 is 4.98 Å². The Hall–Kier alpha value is -1.55. The largest absolute Gasteiger partial charge is 0.342 e. The van der Waals surface area contributed by atoms with Gasteiger partial charge in [0, 0.05) is 28.9 Å². The van der Waals surface area contributed by atoms with Crippen LogP contribution < -0.4 is 0 Å². The number of aromatic nitrogens is 3. The Balaban J connectivity index is 2.68. The molecule has 4 heteroatoms. The summed E-state index contributed by atoms with van der Waals surface area (Å²) in [6, 6.07) is 3.94. The number of rotatable bonds is 1. The van der Waals surface area contributed by atoms with Gasteiger partial charge in [-0.3, -0.25) is 4.98 Å². The highest BCUT2D eigenvalue weighted by atomic mass is 32.1. The monoisotopic (exact) mass is 259 g/mol. The van der Waals surface area contributed by atoms with E-state index in [9.17, 15) is 0 Å². The van der Waals surface area contributed by atoms with Gasteiger partial charge in [0.25, 0.3) is 0 Å². The number of nitrogens with one attached hydrogen (secondary N) is 1. The first-order chi connectivity index (χ1) is 8.39. The maximum atomic E-state index is 5.35. The highest BCUT2D eigenvalue weighted by Crippen LogP contribution is 2.25. The lowest BCUT2D eigenvalue weighted by Crippen LogP contribution is -2.17. The number of pyridine rings is 1. The van der Waals surface area contributed by atoms with Gasteiger partial charge in [-0.05, 0) is 19.1 Å². The van der Waals surface area contributed by atoms with Gasteiger partial charge in [-0.15, -0.1) is 0 Å². The smallest absolute Gasteiger partial charge is 0.133 e. The molecule has 2 heterocycles. The number of hydrogen-bond donors (Lipinski definition) is 1. The topological polar surface area (TPSA) is 41.6 Å². The summed E-state index contributed by atoms with van der Waals surface area (Å²) in [5.41, 5.74) is 2.98. The molecule has 0 saturated heterocycles. The summed E-state index contributed by atoms with van der Waals surface area (Å²) < 4.78 is 0.650. The Morgan fingerprint density at radius 1 is 1.28 bits per heavy atom. The first-order valence-corrected chi connectivity index (χ1v) is 6.32. The number of H-pyrrole nitrogens is 1. The summed E-state index contributed by atoms with van der Waals surface area (Å²) in [5.74, 6) is 0.900. The maximum absolute atomic E-state index is 5.35. The van der Waals surface area contributed by atoms with Gasteiger partial charge in [0.2, 0.25) is 0 Å². The lowest BCUT2D eigenvalue weighted by Gasteiger charge is -2.19. The fourth-order valence-corrected chi connectivity index (χ4v) is 1.88. The molecule has 0 bridgehead atoms. The molecule has 0 amide bonds. The fraction of sp³-hybridized carbons (Fsp3) is 0.357. The molecule has 2 rings (SSSR count). The van der Waals surface area contributed by atoms with Crippen molar-refractivity contribution in [3.8, 4) is 11.3 Å². The summed E-state index contributed by atoms with van der Waals surface area (Å²) in [6.07, 6.45) is 3.60. The summed E-state index contributed by atoms with van der Waals surface area (Å²) in [4.78, 5) is 12.0. The second-order valence-corrected chi connectivity index (χ2v) is 5.77. The minimum atomic E-state index is -0.0573. The van der Waals surface area contributed by atoms with Gasteiger partial charge in [0.1, 0.15) is 10.5 Å². The molecule has 94 valence electrons. The molecule has 0 aliphatic rings. The zero-order valence-electron chi connectivity index (χ0n) is 11.1. The zero-order valence-corrected chi connectivity index (χ0v) is 11.9. The van der Waals surface area contributed by atoms with Crippen molar-refractivity contribution in [3.05, 3.63) is 40.6 Å². The highest BCUT2D eigenvalue weighted by molar-refractivity contribution is 7.71. The van der Waals surface area contributed by atoms with Crippen molar-refractivity contribution < 1.29 is 0 Å². The third kappa shape index (κ3) is 2.48. The SMILES string of the molecule is Cc1c(-c2cccnc2)[nH]c(C(C)(C)C)nc1=S. The van der Waals surface area contributed by atoms with E-state index in [4.69, 9.17) is 12.2 Å². The lowest BCUT2D eigenvalue weighted by atomic mass is 9.95. The van der Waals surface area contributed by atoms with Crippen LogP contribution in [0, 0.1) is 11.6 Å². The lowest BCUT2D eigenvalue weighted by molar-refractivity contribution is 0.544. The second kappa shape index (κ2) is 4.61. The van der Waals surface area contributed by atoms with Crippen LogP contribution in [-0.2, 0) is 5.41 Å². The average Bonchev–Trinajstić information content (AvgIpc) is 2.32. The Labute approximate surface area is 112 Å². The van der Waals surface area contributed by atoms with Crippen molar-refractivity contribution in [3.63, 3.8) is 0 Å². The summed E-state index contributed by atoms with van der Waals surface area (Å²) in [7, 11) is 0. The first-order valence-electron chi connectivity index (χ1n) is 5.91. The van der Waals surface area contributed by atoms with Crippen LogP contribution in [0.2, 0.25) is 0 Å². The number of aromatic amines is 1. The molecule has 0 aliphatic carbocycles.